The van der Waals surface area contributed by atoms with Crippen LogP contribution in [0, 0.1) is 5.92 Å². The van der Waals surface area contributed by atoms with E-state index in [1.807, 2.05) is 46.2 Å². The van der Waals surface area contributed by atoms with Crippen LogP contribution < -0.4 is 10.1 Å². The summed E-state index contributed by atoms with van der Waals surface area (Å²) >= 11 is 0. The van der Waals surface area contributed by atoms with Gasteiger partial charge in [-0.3, -0.25) is 9.59 Å². The molecule has 2 aliphatic rings. The highest BCUT2D eigenvalue weighted by molar-refractivity contribution is 6.08. The second-order valence-corrected chi connectivity index (χ2v) is 8.04. The van der Waals surface area contributed by atoms with Crippen molar-refractivity contribution in [3.05, 3.63) is 42.0 Å². The normalized spacial score (nSPS) is 21.8. The van der Waals surface area contributed by atoms with E-state index in [4.69, 9.17) is 4.74 Å². The second kappa shape index (κ2) is 9.67. The molecule has 0 aromatic heterocycles. The third-order valence-corrected chi connectivity index (χ3v) is 6.18. The summed E-state index contributed by atoms with van der Waals surface area (Å²) < 4.78 is 5.45. The monoisotopic (exact) mass is 431 g/mol. The summed E-state index contributed by atoms with van der Waals surface area (Å²) in [4.78, 5) is 30.3. The van der Waals surface area contributed by atoms with Gasteiger partial charge in [0.25, 0.3) is 5.91 Å². The van der Waals surface area contributed by atoms with E-state index < -0.39 is 0 Å². The smallest absolute Gasteiger partial charge is 0.254 e. The number of carbonyl (C=O) groups is 2. The van der Waals surface area contributed by atoms with Crippen molar-refractivity contribution >= 4 is 35.0 Å². The van der Waals surface area contributed by atoms with Crippen LogP contribution in [0.5, 0.6) is 5.75 Å². The Bertz CT molecular complexity index is 920. The molecular weight excluding hydrogens is 402 g/mol. The van der Waals surface area contributed by atoms with Crippen molar-refractivity contribution in [2.75, 3.05) is 39.8 Å². The van der Waals surface area contributed by atoms with Crippen molar-refractivity contribution in [3.63, 3.8) is 0 Å². The molecule has 2 atom stereocenters. The SMILES string of the molecule is COc1ccc(C(=O)N2CCCC(C(=O)N3CCNC[C@@H]3C)C2)c2ccccc12.Cl. The molecule has 1 unspecified atom stereocenters. The van der Waals surface area contributed by atoms with E-state index in [0.29, 0.717) is 18.7 Å². The van der Waals surface area contributed by atoms with Gasteiger partial charge >= 0.3 is 0 Å². The van der Waals surface area contributed by atoms with E-state index in [-0.39, 0.29) is 36.2 Å². The van der Waals surface area contributed by atoms with Crippen molar-refractivity contribution in [2.24, 2.45) is 5.92 Å². The van der Waals surface area contributed by atoms with Crippen LogP contribution in [0.1, 0.15) is 30.1 Å². The molecule has 30 heavy (non-hydrogen) atoms. The third kappa shape index (κ3) is 4.25. The van der Waals surface area contributed by atoms with Gasteiger partial charge in [-0.05, 0) is 37.3 Å². The van der Waals surface area contributed by atoms with Crippen LogP contribution in [0.3, 0.4) is 0 Å². The molecule has 6 nitrogen and oxygen atoms in total. The lowest BCUT2D eigenvalue weighted by molar-refractivity contribution is -0.139. The molecule has 2 heterocycles. The highest BCUT2D eigenvalue weighted by Crippen LogP contribution is 2.30. The maximum Gasteiger partial charge on any atom is 0.254 e. The van der Waals surface area contributed by atoms with Crippen LogP contribution in [0.25, 0.3) is 10.8 Å². The predicted molar refractivity (Wildman–Crippen MR) is 120 cm³/mol. The summed E-state index contributed by atoms with van der Waals surface area (Å²) in [5.41, 5.74) is 0.671. The molecule has 162 valence electrons. The maximum atomic E-state index is 13.4. The Morgan fingerprint density at radius 2 is 1.87 bits per heavy atom. The van der Waals surface area contributed by atoms with E-state index in [9.17, 15) is 9.59 Å². The number of hydrogen-bond donors (Lipinski definition) is 1. The number of ether oxygens (including phenoxy) is 1. The molecule has 0 saturated carbocycles. The van der Waals surface area contributed by atoms with Crippen LogP contribution in [-0.2, 0) is 4.79 Å². The molecule has 2 saturated heterocycles. The fourth-order valence-electron chi connectivity index (χ4n) is 4.57. The lowest BCUT2D eigenvalue weighted by atomic mass is 9.94. The van der Waals surface area contributed by atoms with Crippen LogP contribution in [0.15, 0.2) is 36.4 Å². The molecule has 0 bridgehead atoms. The predicted octanol–water partition coefficient (Wildman–Crippen LogP) is 2.94. The Morgan fingerprint density at radius 1 is 1.10 bits per heavy atom. The van der Waals surface area contributed by atoms with E-state index in [1.165, 1.54) is 0 Å². The summed E-state index contributed by atoms with van der Waals surface area (Å²) in [6.07, 6.45) is 1.71. The fourth-order valence-corrected chi connectivity index (χ4v) is 4.57. The zero-order chi connectivity index (χ0) is 20.4. The molecule has 2 amide bonds. The Balaban J connectivity index is 0.00000256. The molecule has 7 heteroatoms. The molecule has 0 aliphatic carbocycles. The van der Waals surface area contributed by atoms with Crippen molar-refractivity contribution < 1.29 is 14.3 Å². The number of nitrogens with one attached hydrogen (secondary N) is 1. The molecule has 2 fully saturated rings. The molecule has 2 aromatic rings. The summed E-state index contributed by atoms with van der Waals surface area (Å²) in [6.45, 7) is 5.68. The summed E-state index contributed by atoms with van der Waals surface area (Å²) in [6, 6.07) is 11.7. The molecular formula is C23H30ClN3O3. The number of likely N-dealkylation sites (tertiary alicyclic amines) is 1. The Hall–Kier alpha value is -2.31. The van der Waals surface area contributed by atoms with Crippen molar-refractivity contribution in [1.29, 1.82) is 0 Å². The number of halogens is 1. The topological polar surface area (TPSA) is 61.9 Å². The third-order valence-electron chi connectivity index (χ3n) is 6.18. The maximum absolute atomic E-state index is 13.4. The lowest BCUT2D eigenvalue weighted by Crippen LogP contribution is -2.55. The average molecular weight is 432 g/mol. The zero-order valence-electron chi connectivity index (χ0n) is 17.6. The number of hydrogen-bond acceptors (Lipinski definition) is 4. The van der Waals surface area contributed by atoms with E-state index >= 15 is 0 Å². The van der Waals surface area contributed by atoms with E-state index in [2.05, 4.69) is 12.2 Å². The Labute approximate surface area is 184 Å². The van der Waals surface area contributed by atoms with Gasteiger partial charge in [-0.2, -0.15) is 0 Å². The number of methoxy groups -OCH3 is 1. The molecule has 2 aromatic carbocycles. The van der Waals surface area contributed by atoms with Gasteiger partial charge in [0.1, 0.15) is 5.75 Å². The number of fused-ring (bicyclic) bond motifs is 1. The van der Waals surface area contributed by atoms with Crippen molar-refractivity contribution in [2.45, 2.75) is 25.8 Å². The molecule has 1 N–H and O–H groups in total. The first kappa shape index (κ1) is 22.4. The van der Waals surface area contributed by atoms with Crippen LogP contribution in [-0.4, -0.2) is 67.5 Å². The number of nitrogens with zero attached hydrogens (tertiary/aromatic N) is 2. The highest BCUT2D eigenvalue weighted by atomic mass is 35.5. The Morgan fingerprint density at radius 3 is 2.60 bits per heavy atom. The molecule has 2 aliphatic heterocycles. The minimum atomic E-state index is -0.113. The van der Waals surface area contributed by atoms with Crippen molar-refractivity contribution in [1.82, 2.24) is 15.1 Å². The van der Waals surface area contributed by atoms with Crippen molar-refractivity contribution in [3.8, 4) is 5.75 Å². The first-order valence-electron chi connectivity index (χ1n) is 10.5. The Kier molecular flexibility index (Phi) is 7.21. The van der Waals surface area contributed by atoms with Gasteiger partial charge in [-0.25, -0.2) is 0 Å². The molecule has 0 radical (unpaired) electrons. The molecule has 0 spiro atoms. The average Bonchev–Trinajstić information content (AvgIpc) is 2.78. The quantitative estimate of drug-likeness (QED) is 0.811. The zero-order valence-corrected chi connectivity index (χ0v) is 18.4. The van der Waals surface area contributed by atoms with E-state index in [0.717, 1.165) is 49.0 Å². The number of carbonyl (C=O) groups excluding carboxylic acids is 2. The fraction of sp³-hybridized carbons (Fsp3) is 0.478. The summed E-state index contributed by atoms with van der Waals surface area (Å²) in [5.74, 6) is 0.833. The number of rotatable bonds is 3. The van der Waals surface area contributed by atoms with Gasteiger partial charge in [0.2, 0.25) is 5.91 Å². The summed E-state index contributed by atoms with van der Waals surface area (Å²) in [5, 5.41) is 5.15. The van der Waals surface area contributed by atoms with Gasteiger partial charge < -0.3 is 19.9 Å². The number of piperidine rings is 1. The largest absolute Gasteiger partial charge is 0.496 e. The van der Waals surface area contributed by atoms with Gasteiger partial charge in [0.05, 0.1) is 13.0 Å². The minimum Gasteiger partial charge on any atom is -0.496 e. The van der Waals surface area contributed by atoms with Gasteiger partial charge in [-0.15, -0.1) is 12.4 Å². The summed E-state index contributed by atoms with van der Waals surface area (Å²) in [7, 11) is 1.64. The van der Waals surface area contributed by atoms with Crippen LogP contribution in [0.4, 0.5) is 0 Å². The first-order chi connectivity index (χ1) is 14.1. The van der Waals surface area contributed by atoms with Gasteiger partial charge in [0, 0.05) is 49.7 Å². The first-order valence-corrected chi connectivity index (χ1v) is 10.5. The standard InChI is InChI=1S/C23H29N3O3.ClH/c1-16-14-24-11-13-26(16)22(27)17-6-5-12-25(15-17)23(28)20-9-10-21(29-2)19-8-4-3-7-18(19)20;/h3-4,7-10,16-17,24H,5-6,11-15H2,1-2H3;1H/t16-,17?;/m0./s1. The van der Waals surface area contributed by atoms with Gasteiger partial charge in [0.15, 0.2) is 0 Å². The van der Waals surface area contributed by atoms with Crippen LogP contribution in [0.2, 0.25) is 0 Å². The number of piperazine rings is 1. The molecule has 4 rings (SSSR count). The number of amides is 2. The lowest BCUT2D eigenvalue weighted by Gasteiger charge is -2.39. The van der Waals surface area contributed by atoms with E-state index in [1.54, 1.807) is 7.11 Å². The minimum absolute atomic E-state index is 0. The highest BCUT2D eigenvalue weighted by Gasteiger charge is 2.34. The van der Waals surface area contributed by atoms with Crippen LogP contribution >= 0.6 is 12.4 Å². The number of benzene rings is 2. The second-order valence-electron chi connectivity index (χ2n) is 8.04. The van der Waals surface area contributed by atoms with Gasteiger partial charge in [-0.1, -0.05) is 24.3 Å².